The standard InChI is InChI=1S/C6H4F2O2/c1-2-6(8)3-10-5(9)4(6)7/h1,4H,3H2. The van der Waals surface area contributed by atoms with Gasteiger partial charge >= 0.3 is 5.97 Å². The highest BCUT2D eigenvalue weighted by molar-refractivity contribution is 5.79. The number of hydrogen-bond donors (Lipinski definition) is 0. The number of cyclic esters (lactones) is 1. The van der Waals surface area contributed by atoms with E-state index in [0.29, 0.717) is 0 Å². The van der Waals surface area contributed by atoms with Gasteiger partial charge in [0.2, 0.25) is 11.8 Å². The van der Waals surface area contributed by atoms with Gasteiger partial charge in [0.15, 0.2) is 0 Å². The van der Waals surface area contributed by atoms with E-state index in [1.807, 2.05) is 0 Å². The zero-order valence-electron chi connectivity index (χ0n) is 4.93. The van der Waals surface area contributed by atoms with Gasteiger partial charge in [0.1, 0.15) is 6.61 Å². The molecule has 0 radical (unpaired) electrons. The molecular weight excluding hydrogens is 142 g/mol. The van der Waals surface area contributed by atoms with Crippen LogP contribution in [0.3, 0.4) is 0 Å². The maximum atomic E-state index is 12.7. The summed E-state index contributed by atoms with van der Waals surface area (Å²) in [5, 5.41) is 0. The van der Waals surface area contributed by atoms with Crippen molar-refractivity contribution >= 4 is 5.97 Å². The first-order valence-corrected chi connectivity index (χ1v) is 2.57. The lowest BCUT2D eigenvalue weighted by molar-refractivity contribution is -0.142. The van der Waals surface area contributed by atoms with Crippen LogP contribution in [0.1, 0.15) is 0 Å². The Morgan fingerprint density at radius 1 is 1.90 bits per heavy atom. The average molecular weight is 146 g/mol. The summed E-state index contributed by atoms with van der Waals surface area (Å²) in [4.78, 5) is 10.2. The Bertz CT molecular complexity index is 208. The van der Waals surface area contributed by atoms with Crippen LogP contribution in [0, 0.1) is 12.3 Å². The molecule has 1 heterocycles. The lowest BCUT2D eigenvalue weighted by Gasteiger charge is -2.07. The monoisotopic (exact) mass is 146 g/mol. The summed E-state index contributed by atoms with van der Waals surface area (Å²) in [5.41, 5.74) is -2.54. The van der Waals surface area contributed by atoms with Crippen molar-refractivity contribution in [3.8, 4) is 12.3 Å². The maximum Gasteiger partial charge on any atom is 0.345 e. The first-order chi connectivity index (χ1) is 4.60. The van der Waals surface area contributed by atoms with E-state index in [4.69, 9.17) is 0 Å². The van der Waals surface area contributed by atoms with Gasteiger partial charge in [-0.05, 0) is 0 Å². The fourth-order valence-corrected chi connectivity index (χ4v) is 0.624. The van der Waals surface area contributed by atoms with Crippen LogP contribution >= 0.6 is 0 Å². The molecule has 1 rings (SSSR count). The Balaban J connectivity index is 2.86. The number of halogens is 2. The number of alkyl halides is 2. The third-order valence-electron chi connectivity index (χ3n) is 1.27. The molecule has 0 aromatic carbocycles. The lowest BCUT2D eigenvalue weighted by Crippen LogP contribution is -2.33. The van der Waals surface area contributed by atoms with Gasteiger partial charge in [-0.1, -0.05) is 5.92 Å². The Labute approximate surface area is 56.2 Å². The number of carbonyl (C=O) groups is 1. The van der Waals surface area contributed by atoms with Gasteiger partial charge in [0.25, 0.3) is 0 Å². The molecule has 0 N–H and O–H groups in total. The molecule has 0 saturated carbocycles. The molecule has 0 amide bonds. The molecule has 1 aliphatic heterocycles. The molecule has 0 spiro atoms. The fraction of sp³-hybridized carbons (Fsp3) is 0.500. The summed E-state index contributed by atoms with van der Waals surface area (Å²) in [5.74, 6) is 0.311. The van der Waals surface area contributed by atoms with Crippen LogP contribution in [0.4, 0.5) is 8.78 Å². The molecule has 4 heteroatoms. The molecule has 10 heavy (non-hydrogen) atoms. The van der Waals surface area contributed by atoms with Crippen molar-refractivity contribution in [3.05, 3.63) is 0 Å². The van der Waals surface area contributed by atoms with Gasteiger partial charge in [-0.25, -0.2) is 13.6 Å². The predicted molar refractivity (Wildman–Crippen MR) is 28.5 cm³/mol. The Morgan fingerprint density at radius 2 is 2.50 bits per heavy atom. The van der Waals surface area contributed by atoms with E-state index in [0.717, 1.165) is 0 Å². The molecule has 0 aromatic heterocycles. The van der Waals surface area contributed by atoms with Crippen LogP contribution in [0.15, 0.2) is 0 Å². The first-order valence-electron chi connectivity index (χ1n) is 2.57. The van der Waals surface area contributed by atoms with Crippen LogP contribution in [0.25, 0.3) is 0 Å². The average Bonchev–Trinajstić information content (AvgIpc) is 2.19. The summed E-state index contributed by atoms with van der Waals surface area (Å²) in [6.07, 6.45) is 2.30. The van der Waals surface area contributed by atoms with E-state index in [1.165, 1.54) is 5.92 Å². The number of esters is 1. The summed E-state index contributed by atoms with van der Waals surface area (Å²) < 4.78 is 29.1. The molecule has 1 aliphatic rings. The van der Waals surface area contributed by atoms with E-state index < -0.39 is 24.4 Å². The van der Waals surface area contributed by atoms with E-state index in [2.05, 4.69) is 11.2 Å². The predicted octanol–water partition coefficient (Wildman–Crippen LogP) is 0.223. The Morgan fingerprint density at radius 3 is 2.70 bits per heavy atom. The summed E-state index contributed by atoms with van der Waals surface area (Å²) >= 11 is 0. The molecule has 0 aromatic rings. The minimum Gasteiger partial charge on any atom is -0.459 e. The van der Waals surface area contributed by atoms with Gasteiger partial charge < -0.3 is 4.74 Å². The van der Waals surface area contributed by atoms with Crippen LogP contribution in [-0.2, 0) is 9.53 Å². The van der Waals surface area contributed by atoms with Crippen LogP contribution in [0.5, 0.6) is 0 Å². The van der Waals surface area contributed by atoms with Gasteiger partial charge in [-0.15, -0.1) is 6.42 Å². The quantitative estimate of drug-likeness (QED) is 0.361. The highest BCUT2D eigenvalue weighted by Crippen LogP contribution is 2.26. The van der Waals surface area contributed by atoms with E-state index in [-0.39, 0.29) is 0 Å². The van der Waals surface area contributed by atoms with Crippen molar-refractivity contribution in [1.82, 2.24) is 0 Å². The van der Waals surface area contributed by atoms with E-state index >= 15 is 0 Å². The van der Waals surface area contributed by atoms with Crippen molar-refractivity contribution in [2.75, 3.05) is 6.61 Å². The number of hydrogen-bond acceptors (Lipinski definition) is 2. The van der Waals surface area contributed by atoms with Gasteiger partial charge in [-0.3, -0.25) is 0 Å². The van der Waals surface area contributed by atoms with Crippen molar-refractivity contribution in [3.63, 3.8) is 0 Å². The molecule has 1 fully saturated rings. The van der Waals surface area contributed by atoms with Crippen molar-refractivity contribution in [2.45, 2.75) is 11.8 Å². The molecule has 54 valence electrons. The molecular formula is C6H4F2O2. The van der Waals surface area contributed by atoms with Crippen molar-refractivity contribution in [2.24, 2.45) is 0 Å². The fourth-order valence-electron chi connectivity index (χ4n) is 0.624. The highest BCUT2D eigenvalue weighted by Gasteiger charge is 2.51. The normalized spacial score (nSPS) is 38.9. The minimum absolute atomic E-state index is 0.677. The SMILES string of the molecule is C#CC1(F)COC(=O)C1F. The summed E-state index contributed by atoms with van der Waals surface area (Å²) in [6, 6.07) is 0. The number of carbonyl (C=O) groups excluding carboxylic acids is 1. The Kier molecular flexibility index (Phi) is 1.36. The lowest BCUT2D eigenvalue weighted by atomic mass is 10.1. The Hall–Kier alpha value is -1.11. The summed E-state index contributed by atoms with van der Waals surface area (Å²) in [7, 11) is 0. The molecule has 0 bridgehead atoms. The smallest absolute Gasteiger partial charge is 0.345 e. The van der Waals surface area contributed by atoms with Crippen LogP contribution in [-0.4, -0.2) is 24.4 Å². The maximum absolute atomic E-state index is 12.7. The number of rotatable bonds is 0. The van der Waals surface area contributed by atoms with E-state index in [1.54, 1.807) is 0 Å². The zero-order chi connectivity index (χ0) is 7.78. The third kappa shape index (κ3) is 0.747. The highest BCUT2D eigenvalue weighted by atomic mass is 19.2. The number of terminal acetylenes is 1. The van der Waals surface area contributed by atoms with Gasteiger partial charge in [0.05, 0.1) is 0 Å². The van der Waals surface area contributed by atoms with E-state index in [9.17, 15) is 13.6 Å². The van der Waals surface area contributed by atoms with Crippen molar-refractivity contribution in [1.29, 1.82) is 0 Å². The topological polar surface area (TPSA) is 26.3 Å². The van der Waals surface area contributed by atoms with Crippen LogP contribution in [0.2, 0.25) is 0 Å². The molecule has 2 nitrogen and oxygen atoms in total. The second kappa shape index (κ2) is 1.94. The second-order valence-corrected chi connectivity index (χ2v) is 1.98. The first kappa shape index (κ1) is 7.00. The van der Waals surface area contributed by atoms with Gasteiger partial charge in [0, 0.05) is 0 Å². The zero-order valence-corrected chi connectivity index (χ0v) is 4.93. The van der Waals surface area contributed by atoms with Crippen LogP contribution < -0.4 is 0 Å². The van der Waals surface area contributed by atoms with Gasteiger partial charge in [-0.2, -0.15) is 0 Å². The second-order valence-electron chi connectivity index (χ2n) is 1.98. The molecule has 0 aliphatic carbocycles. The molecule has 2 atom stereocenters. The molecule has 1 saturated heterocycles. The number of ether oxygens (including phenoxy) is 1. The third-order valence-corrected chi connectivity index (χ3v) is 1.27. The van der Waals surface area contributed by atoms with Crippen molar-refractivity contribution < 1.29 is 18.3 Å². The minimum atomic E-state index is -2.54. The summed E-state index contributed by atoms with van der Waals surface area (Å²) in [6.45, 7) is -0.677. The largest absolute Gasteiger partial charge is 0.459 e. The molecule has 2 unspecified atom stereocenters.